The van der Waals surface area contributed by atoms with Crippen LogP contribution >= 0.6 is 15.9 Å². The van der Waals surface area contributed by atoms with Crippen molar-refractivity contribution in [3.05, 3.63) is 34.1 Å². The first-order valence-corrected chi connectivity index (χ1v) is 5.07. The molecule has 1 aromatic carbocycles. The maximum Gasteiger partial charge on any atom is 0.137 e. The van der Waals surface area contributed by atoms with E-state index >= 15 is 0 Å². The molecule has 0 radical (unpaired) electrons. The standard InChI is InChI=1S/C10H12BrF2N/c1-10(13,6-14)5-7-3-2-4-8(12)9(7)11/h2-4H,5-6,14H2,1H3. The van der Waals surface area contributed by atoms with Crippen molar-refractivity contribution >= 4 is 15.9 Å². The van der Waals surface area contributed by atoms with E-state index in [4.69, 9.17) is 5.73 Å². The number of hydrogen-bond donors (Lipinski definition) is 1. The van der Waals surface area contributed by atoms with Crippen LogP contribution in [0.3, 0.4) is 0 Å². The lowest BCUT2D eigenvalue weighted by Gasteiger charge is -2.18. The smallest absolute Gasteiger partial charge is 0.137 e. The molecule has 78 valence electrons. The molecule has 0 aliphatic rings. The Bertz CT molecular complexity index is 326. The van der Waals surface area contributed by atoms with E-state index in [0.29, 0.717) is 10.0 Å². The maximum absolute atomic E-state index is 13.5. The van der Waals surface area contributed by atoms with Crippen LogP contribution in [0.2, 0.25) is 0 Å². The van der Waals surface area contributed by atoms with Crippen LogP contribution < -0.4 is 5.73 Å². The molecule has 1 rings (SSSR count). The molecule has 1 unspecified atom stereocenters. The van der Waals surface area contributed by atoms with Gasteiger partial charge in [0.25, 0.3) is 0 Å². The lowest BCUT2D eigenvalue weighted by atomic mass is 9.98. The number of benzene rings is 1. The van der Waals surface area contributed by atoms with Gasteiger partial charge in [-0.1, -0.05) is 12.1 Å². The highest BCUT2D eigenvalue weighted by atomic mass is 79.9. The third kappa shape index (κ3) is 2.75. The van der Waals surface area contributed by atoms with Crippen LogP contribution in [-0.4, -0.2) is 12.2 Å². The quantitative estimate of drug-likeness (QED) is 0.892. The number of alkyl halides is 1. The molecule has 0 fully saturated rings. The van der Waals surface area contributed by atoms with Crippen molar-refractivity contribution in [1.82, 2.24) is 0 Å². The summed E-state index contributed by atoms with van der Waals surface area (Å²) in [5.74, 6) is -0.379. The fourth-order valence-corrected chi connectivity index (χ4v) is 1.56. The minimum absolute atomic E-state index is 0.0735. The molecule has 0 amide bonds. The Morgan fingerprint density at radius 1 is 1.50 bits per heavy atom. The van der Waals surface area contributed by atoms with Crippen LogP contribution in [0, 0.1) is 5.82 Å². The topological polar surface area (TPSA) is 26.0 Å². The number of halogens is 3. The van der Waals surface area contributed by atoms with Crippen LogP contribution in [0.25, 0.3) is 0 Å². The Morgan fingerprint density at radius 3 is 2.71 bits per heavy atom. The molecule has 0 heterocycles. The normalized spacial score (nSPS) is 15.2. The van der Waals surface area contributed by atoms with Crippen molar-refractivity contribution in [3.8, 4) is 0 Å². The average Bonchev–Trinajstić information content (AvgIpc) is 2.13. The van der Waals surface area contributed by atoms with Crippen LogP contribution in [0.15, 0.2) is 22.7 Å². The lowest BCUT2D eigenvalue weighted by molar-refractivity contribution is 0.199. The monoisotopic (exact) mass is 263 g/mol. The molecule has 1 aromatic rings. The summed E-state index contributed by atoms with van der Waals surface area (Å²) in [5, 5.41) is 0. The van der Waals surface area contributed by atoms with Crippen molar-refractivity contribution in [2.45, 2.75) is 19.0 Å². The van der Waals surface area contributed by atoms with E-state index in [-0.39, 0.29) is 18.8 Å². The van der Waals surface area contributed by atoms with Crippen LogP contribution in [-0.2, 0) is 6.42 Å². The zero-order valence-corrected chi connectivity index (χ0v) is 9.44. The second kappa shape index (κ2) is 4.36. The Morgan fingerprint density at radius 2 is 2.14 bits per heavy atom. The molecule has 1 nitrogen and oxygen atoms in total. The zero-order valence-electron chi connectivity index (χ0n) is 7.86. The summed E-state index contributed by atoms with van der Waals surface area (Å²) in [7, 11) is 0. The van der Waals surface area contributed by atoms with Crippen LogP contribution in [0.5, 0.6) is 0 Å². The fraction of sp³-hybridized carbons (Fsp3) is 0.400. The van der Waals surface area contributed by atoms with Gasteiger partial charge in [0.05, 0.1) is 4.47 Å². The molecule has 0 aliphatic carbocycles. The van der Waals surface area contributed by atoms with Crippen molar-refractivity contribution in [3.63, 3.8) is 0 Å². The minimum atomic E-state index is -1.49. The third-order valence-electron chi connectivity index (χ3n) is 2.02. The van der Waals surface area contributed by atoms with Gasteiger partial charge in [-0.2, -0.15) is 0 Å². The van der Waals surface area contributed by atoms with E-state index in [9.17, 15) is 8.78 Å². The number of rotatable bonds is 3. The predicted molar refractivity (Wildman–Crippen MR) is 56.4 cm³/mol. The van der Waals surface area contributed by atoms with Crippen molar-refractivity contribution in [2.75, 3.05) is 6.54 Å². The van der Waals surface area contributed by atoms with E-state index < -0.39 is 5.67 Å². The van der Waals surface area contributed by atoms with Gasteiger partial charge in [0.1, 0.15) is 11.5 Å². The van der Waals surface area contributed by atoms with Gasteiger partial charge in [0.15, 0.2) is 0 Å². The number of nitrogens with two attached hydrogens (primary N) is 1. The molecule has 4 heteroatoms. The molecule has 14 heavy (non-hydrogen) atoms. The van der Waals surface area contributed by atoms with Crippen molar-refractivity contribution < 1.29 is 8.78 Å². The summed E-state index contributed by atoms with van der Waals surface area (Å²) in [6, 6.07) is 4.56. The molecule has 0 aromatic heterocycles. The largest absolute Gasteiger partial charge is 0.328 e. The first-order valence-electron chi connectivity index (χ1n) is 4.28. The lowest BCUT2D eigenvalue weighted by Crippen LogP contribution is -2.31. The maximum atomic E-state index is 13.5. The highest BCUT2D eigenvalue weighted by Crippen LogP contribution is 2.25. The van der Waals surface area contributed by atoms with E-state index in [0.717, 1.165) is 0 Å². The van der Waals surface area contributed by atoms with Crippen molar-refractivity contribution in [1.29, 1.82) is 0 Å². The summed E-state index contributed by atoms with van der Waals surface area (Å²) in [4.78, 5) is 0. The highest BCUT2D eigenvalue weighted by molar-refractivity contribution is 9.10. The fourth-order valence-electron chi connectivity index (χ4n) is 1.15. The third-order valence-corrected chi connectivity index (χ3v) is 2.90. The summed E-state index contributed by atoms with van der Waals surface area (Å²) in [5.41, 5.74) is 4.37. The van der Waals surface area contributed by atoms with Gasteiger partial charge >= 0.3 is 0 Å². The van der Waals surface area contributed by atoms with E-state index in [2.05, 4.69) is 15.9 Å². The van der Waals surface area contributed by atoms with Gasteiger partial charge < -0.3 is 5.73 Å². The van der Waals surface area contributed by atoms with Gasteiger partial charge in [-0.3, -0.25) is 0 Å². The first-order chi connectivity index (χ1) is 6.46. The molecular weight excluding hydrogens is 252 g/mol. The van der Waals surface area contributed by atoms with Gasteiger partial charge in [0, 0.05) is 13.0 Å². The second-order valence-corrected chi connectivity index (χ2v) is 4.30. The first kappa shape index (κ1) is 11.6. The minimum Gasteiger partial charge on any atom is -0.328 e. The van der Waals surface area contributed by atoms with E-state index in [1.807, 2.05) is 0 Å². The Hall–Kier alpha value is -0.480. The summed E-state index contributed by atoms with van der Waals surface area (Å²) in [6.07, 6.45) is 0.113. The molecule has 1 atom stereocenters. The Balaban J connectivity index is 2.92. The summed E-state index contributed by atoms with van der Waals surface area (Å²) >= 11 is 3.08. The highest BCUT2D eigenvalue weighted by Gasteiger charge is 2.23. The average molecular weight is 264 g/mol. The van der Waals surface area contributed by atoms with Gasteiger partial charge in [-0.25, -0.2) is 8.78 Å². The van der Waals surface area contributed by atoms with Crippen LogP contribution in [0.1, 0.15) is 12.5 Å². The summed E-state index contributed by atoms with van der Waals surface area (Å²) in [6.45, 7) is 1.33. The molecule has 0 bridgehead atoms. The predicted octanol–water partition coefficient (Wildman–Crippen LogP) is 2.82. The molecule has 2 N–H and O–H groups in total. The van der Waals surface area contributed by atoms with Gasteiger partial charge in [-0.15, -0.1) is 0 Å². The van der Waals surface area contributed by atoms with Crippen LogP contribution in [0.4, 0.5) is 8.78 Å². The SMILES string of the molecule is CC(F)(CN)Cc1cccc(F)c1Br. The van der Waals surface area contributed by atoms with Crippen molar-refractivity contribution in [2.24, 2.45) is 5.73 Å². The van der Waals surface area contributed by atoms with E-state index in [1.54, 1.807) is 12.1 Å². The number of hydrogen-bond acceptors (Lipinski definition) is 1. The molecule has 0 saturated heterocycles. The Kier molecular flexibility index (Phi) is 3.61. The summed E-state index contributed by atoms with van der Waals surface area (Å²) < 4.78 is 26.9. The molecule has 0 aliphatic heterocycles. The molecular formula is C10H12BrF2N. The van der Waals surface area contributed by atoms with E-state index in [1.165, 1.54) is 13.0 Å². The molecule has 0 saturated carbocycles. The Labute approximate surface area is 90.4 Å². The van der Waals surface area contributed by atoms with Gasteiger partial charge in [-0.05, 0) is 34.5 Å². The van der Waals surface area contributed by atoms with Gasteiger partial charge in [0.2, 0.25) is 0 Å². The molecule has 0 spiro atoms. The second-order valence-electron chi connectivity index (χ2n) is 3.51. The zero-order chi connectivity index (χ0) is 10.8.